The summed E-state index contributed by atoms with van der Waals surface area (Å²) in [5.74, 6) is 1.24. The fourth-order valence-corrected chi connectivity index (χ4v) is 4.49. The van der Waals surface area contributed by atoms with Crippen LogP contribution in [-0.2, 0) is 17.4 Å². The normalized spacial score (nSPS) is 25.3. The molecule has 0 spiro atoms. The minimum atomic E-state index is -0.520. The molecule has 8 nitrogen and oxygen atoms in total. The lowest BCUT2D eigenvalue weighted by Crippen LogP contribution is -2.49. The third-order valence-corrected chi connectivity index (χ3v) is 5.98. The Balaban J connectivity index is 1.58. The van der Waals surface area contributed by atoms with Crippen molar-refractivity contribution in [2.45, 2.75) is 56.9 Å². The predicted octanol–water partition coefficient (Wildman–Crippen LogP) is 1.78. The maximum atomic E-state index is 13.3. The van der Waals surface area contributed by atoms with Gasteiger partial charge in [-0.3, -0.25) is 9.48 Å². The largest absolute Gasteiger partial charge is 0.343 e. The van der Waals surface area contributed by atoms with E-state index in [4.69, 9.17) is 4.52 Å². The number of nitrogens with one attached hydrogen (secondary N) is 2. The first-order valence-corrected chi connectivity index (χ1v) is 9.89. The van der Waals surface area contributed by atoms with Gasteiger partial charge >= 0.3 is 0 Å². The van der Waals surface area contributed by atoms with Gasteiger partial charge in [0.05, 0.1) is 12.1 Å². The lowest BCUT2D eigenvalue weighted by atomic mass is 9.85. The van der Waals surface area contributed by atoms with Crippen molar-refractivity contribution in [1.29, 1.82) is 0 Å². The molecular formula is C19H28N6O2. The quantitative estimate of drug-likeness (QED) is 0.794. The number of hydrogen-bond acceptors (Lipinski definition) is 6. The highest BCUT2D eigenvalue weighted by Crippen LogP contribution is 2.36. The van der Waals surface area contributed by atoms with E-state index >= 15 is 0 Å². The van der Waals surface area contributed by atoms with Crippen LogP contribution in [0.5, 0.6) is 0 Å². The average Bonchev–Trinajstić information content (AvgIpc) is 3.35. The third-order valence-electron chi connectivity index (χ3n) is 5.98. The lowest BCUT2D eigenvalue weighted by molar-refractivity contribution is -0.127. The molecule has 2 atom stereocenters. The zero-order valence-electron chi connectivity index (χ0n) is 16.1. The summed E-state index contributed by atoms with van der Waals surface area (Å²) < 4.78 is 7.04. The van der Waals surface area contributed by atoms with E-state index in [1.807, 2.05) is 19.4 Å². The van der Waals surface area contributed by atoms with Crippen molar-refractivity contribution in [3.63, 3.8) is 0 Å². The molecule has 2 N–H and O–H groups in total. The number of rotatable bonds is 4. The van der Waals surface area contributed by atoms with E-state index in [9.17, 15) is 4.79 Å². The molecule has 1 amide bonds. The maximum absolute atomic E-state index is 13.3. The van der Waals surface area contributed by atoms with Gasteiger partial charge in [0.2, 0.25) is 11.8 Å². The molecular weight excluding hydrogens is 344 g/mol. The minimum Gasteiger partial charge on any atom is -0.343 e. The number of nitrogens with zero attached hydrogens (tertiary/aromatic N) is 4. The van der Waals surface area contributed by atoms with Crippen LogP contribution in [0.4, 0.5) is 0 Å². The van der Waals surface area contributed by atoms with Crippen LogP contribution in [0.3, 0.4) is 0 Å². The van der Waals surface area contributed by atoms with Crippen LogP contribution in [0.25, 0.3) is 0 Å². The fraction of sp³-hybridized carbons (Fsp3) is 0.684. The molecule has 0 bridgehead atoms. The van der Waals surface area contributed by atoms with Crippen molar-refractivity contribution in [3.8, 4) is 0 Å². The molecule has 1 aliphatic carbocycles. The van der Waals surface area contributed by atoms with Gasteiger partial charge in [-0.2, -0.15) is 10.1 Å². The number of carbonyl (C=O) groups is 1. The van der Waals surface area contributed by atoms with Crippen LogP contribution in [0.2, 0.25) is 0 Å². The summed E-state index contributed by atoms with van der Waals surface area (Å²) >= 11 is 0. The number of carbonyl (C=O) groups excluding carboxylic acids is 1. The number of amides is 1. The molecule has 0 unspecified atom stereocenters. The molecule has 0 radical (unpaired) electrons. The smallest absolute Gasteiger partial charge is 0.225 e. The molecule has 2 aromatic heterocycles. The van der Waals surface area contributed by atoms with E-state index in [2.05, 4.69) is 25.9 Å². The molecule has 3 heterocycles. The van der Waals surface area contributed by atoms with Crippen LogP contribution < -0.4 is 10.6 Å². The molecule has 2 aromatic rings. The van der Waals surface area contributed by atoms with Crippen molar-refractivity contribution in [2.24, 2.45) is 13.0 Å². The summed E-state index contributed by atoms with van der Waals surface area (Å²) in [5.41, 5.74) is 0.584. The summed E-state index contributed by atoms with van der Waals surface area (Å²) in [5, 5.41) is 15.2. The van der Waals surface area contributed by atoms with Gasteiger partial charge in [-0.25, -0.2) is 0 Å². The van der Waals surface area contributed by atoms with E-state index < -0.39 is 5.54 Å². The van der Waals surface area contributed by atoms with Gasteiger partial charge in [0, 0.05) is 39.2 Å². The van der Waals surface area contributed by atoms with Gasteiger partial charge < -0.3 is 15.2 Å². The second kappa shape index (κ2) is 7.42. The highest BCUT2D eigenvalue weighted by atomic mass is 16.5. The Morgan fingerprint density at radius 2 is 2.07 bits per heavy atom. The highest BCUT2D eigenvalue weighted by molar-refractivity contribution is 5.81. The Morgan fingerprint density at radius 1 is 1.30 bits per heavy atom. The van der Waals surface area contributed by atoms with Gasteiger partial charge in [-0.1, -0.05) is 30.8 Å². The highest BCUT2D eigenvalue weighted by Gasteiger charge is 2.42. The first-order chi connectivity index (χ1) is 13.1. The van der Waals surface area contributed by atoms with Crippen molar-refractivity contribution in [2.75, 3.05) is 13.1 Å². The summed E-state index contributed by atoms with van der Waals surface area (Å²) in [4.78, 5) is 17.8. The topological polar surface area (TPSA) is 97.9 Å². The number of aromatic nitrogens is 4. The molecule has 146 valence electrons. The Bertz CT molecular complexity index is 790. The Morgan fingerprint density at radius 3 is 2.70 bits per heavy atom. The molecule has 1 aliphatic heterocycles. The van der Waals surface area contributed by atoms with Crippen LogP contribution in [-0.4, -0.2) is 38.9 Å². The molecule has 1 saturated carbocycles. The first kappa shape index (κ1) is 18.2. The lowest BCUT2D eigenvalue weighted by Gasteiger charge is -2.32. The number of hydrogen-bond donors (Lipinski definition) is 2. The van der Waals surface area contributed by atoms with Crippen molar-refractivity contribution in [1.82, 2.24) is 30.6 Å². The second-order valence-corrected chi connectivity index (χ2v) is 7.94. The van der Waals surface area contributed by atoms with E-state index in [1.54, 1.807) is 11.6 Å². The molecule has 0 aromatic carbocycles. The zero-order chi connectivity index (χ0) is 18.9. The summed E-state index contributed by atoms with van der Waals surface area (Å²) in [7, 11) is 1.90. The molecule has 27 heavy (non-hydrogen) atoms. The van der Waals surface area contributed by atoms with Crippen molar-refractivity contribution in [3.05, 3.63) is 29.7 Å². The van der Waals surface area contributed by atoms with E-state index in [0.717, 1.165) is 37.8 Å². The SMILES string of the molecule is Cc1nc(C2(NC(=O)[C@H]3CNC[C@@H]3c3cnn(C)c3)CCCCCC2)no1. The van der Waals surface area contributed by atoms with Gasteiger partial charge in [-0.05, 0) is 18.4 Å². The average molecular weight is 372 g/mol. The Labute approximate surface area is 159 Å². The first-order valence-electron chi connectivity index (χ1n) is 9.89. The van der Waals surface area contributed by atoms with E-state index in [0.29, 0.717) is 18.3 Å². The van der Waals surface area contributed by atoms with Gasteiger partial charge in [0.1, 0.15) is 5.54 Å². The van der Waals surface area contributed by atoms with Crippen LogP contribution in [0.15, 0.2) is 16.9 Å². The Hall–Kier alpha value is -2.22. The molecule has 2 fully saturated rings. The van der Waals surface area contributed by atoms with E-state index in [1.165, 1.54) is 12.8 Å². The third kappa shape index (κ3) is 3.63. The summed E-state index contributed by atoms with van der Waals surface area (Å²) in [6.45, 7) is 3.26. The van der Waals surface area contributed by atoms with Crippen molar-refractivity contribution >= 4 is 5.91 Å². The fourth-order valence-electron chi connectivity index (χ4n) is 4.49. The maximum Gasteiger partial charge on any atom is 0.225 e. The Kier molecular flexibility index (Phi) is 4.99. The molecule has 2 aliphatic rings. The monoisotopic (exact) mass is 372 g/mol. The second-order valence-electron chi connectivity index (χ2n) is 7.94. The van der Waals surface area contributed by atoms with Gasteiger partial charge in [0.25, 0.3) is 0 Å². The molecule has 8 heteroatoms. The standard InChI is InChI=1S/C19H28N6O2/c1-13-22-18(24-27-13)19(7-5-3-4-6-8-19)23-17(26)16-11-20-10-15(16)14-9-21-25(2)12-14/h9,12,15-16,20H,3-8,10-11H2,1-2H3,(H,23,26)/t15-,16+/m1/s1. The van der Waals surface area contributed by atoms with Gasteiger partial charge in [-0.15, -0.1) is 0 Å². The molecule has 1 saturated heterocycles. The minimum absolute atomic E-state index is 0.0678. The van der Waals surface area contributed by atoms with Crippen LogP contribution in [0.1, 0.15) is 61.7 Å². The summed E-state index contributed by atoms with van der Waals surface area (Å²) in [6.07, 6.45) is 10.1. The predicted molar refractivity (Wildman–Crippen MR) is 98.9 cm³/mol. The summed E-state index contributed by atoms with van der Waals surface area (Å²) in [6, 6.07) is 0. The van der Waals surface area contributed by atoms with Crippen LogP contribution in [0, 0.1) is 12.8 Å². The van der Waals surface area contributed by atoms with E-state index in [-0.39, 0.29) is 17.7 Å². The molecule has 4 rings (SSSR count). The van der Waals surface area contributed by atoms with Crippen molar-refractivity contribution < 1.29 is 9.32 Å². The van der Waals surface area contributed by atoms with Gasteiger partial charge in [0.15, 0.2) is 5.82 Å². The van der Waals surface area contributed by atoms with Crippen LogP contribution >= 0.6 is 0 Å². The number of aryl methyl sites for hydroxylation is 2. The zero-order valence-corrected chi connectivity index (χ0v) is 16.1.